The van der Waals surface area contributed by atoms with E-state index in [9.17, 15) is 4.39 Å². The minimum atomic E-state index is -0.274. The Balaban J connectivity index is 1.56. The van der Waals surface area contributed by atoms with Crippen molar-refractivity contribution in [2.24, 2.45) is 0 Å². The average Bonchev–Trinajstić information content (AvgIpc) is 2.62. The highest BCUT2D eigenvalue weighted by Gasteiger charge is 2.22. The van der Waals surface area contributed by atoms with E-state index in [4.69, 9.17) is 9.47 Å². The first-order chi connectivity index (χ1) is 12.2. The van der Waals surface area contributed by atoms with E-state index in [2.05, 4.69) is 14.9 Å². The molecule has 25 heavy (non-hydrogen) atoms. The Bertz CT molecular complexity index is 711. The van der Waals surface area contributed by atoms with Crippen LogP contribution in [0.2, 0.25) is 0 Å². The molecule has 1 aliphatic heterocycles. The number of hydrogen-bond acceptors (Lipinski definition) is 5. The summed E-state index contributed by atoms with van der Waals surface area (Å²) in [6.07, 6.45) is 3.49. The maximum absolute atomic E-state index is 14.3. The summed E-state index contributed by atoms with van der Waals surface area (Å²) < 4.78 is 25.3. The molecule has 1 saturated heterocycles. The van der Waals surface area contributed by atoms with Gasteiger partial charge in [0.25, 0.3) is 0 Å². The fourth-order valence-electron chi connectivity index (χ4n) is 3.13. The van der Waals surface area contributed by atoms with E-state index in [-0.39, 0.29) is 11.9 Å². The maximum atomic E-state index is 14.3. The van der Waals surface area contributed by atoms with Gasteiger partial charge in [0, 0.05) is 36.6 Å². The summed E-state index contributed by atoms with van der Waals surface area (Å²) in [7, 11) is 1.49. The normalized spacial score (nSPS) is 18.3. The molecule has 1 aliphatic rings. The molecule has 6 heteroatoms. The molecule has 3 rings (SSSR count). The molecular formula is C19H24FN3O2. The van der Waals surface area contributed by atoms with Crippen LogP contribution in [-0.2, 0) is 17.7 Å². The molecule has 0 radical (unpaired) electrons. The molecule has 1 unspecified atom stereocenters. The van der Waals surface area contributed by atoms with Gasteiger partial charge in [-0.25, -0.2) is 14.4 Å². The van der Waals surface area contributed by atoms with Crippen LogP contribution in [0.4, 0.5) is 4.39 Å². The number of methoxy groups -OCH3 is 1. The van der Waals surface area contributed by atoms with Crippen molar-refractivity contribution in [2.45, 2.75) is 32.4 Å². The number of morpholine rings is 1. The number of nitrogens with zero attached hydrogens (tertiary/aromatic N) is 3. The van der Waals surface area contributed by atoms with Gasteiger partial charge >= 0.3 is 0 Å². The molecule has 5 nitrogen and oxygen atoms in total. The Morgan fingerprint density at radius 3 is 3.04 bits per heavy atom. The van der Waals surface area contributed by atoms with Crippen LogP contribution < -0.4 is 4.74 Å². The second-order valence-corrected chi connectivity index (χ2v) is 6.35. The van der Waals surface area contributed by atoms with Crippen molar-refractivity contribution >= 4 is 0 Å². The summed E-state index contributed by atoms with van der Waals surface area (Å²) in [5.74, 6) is 0.0194. The smallest absolute Gasteiger partial charge is 0.169 e. The van der Waals surface area contributed by atoms with Gasteiger partial charge in [-0.15, -0.1) is 0 Å². The Morgan fingerprint density at radius 2 is 2.24 bits per heavy atom. The molecule has 1 atom stereocenters. The van der Waals surface area contributed by atoms with Gasteiger partial charge in [-0.05, 0) is 31.9 Å². The minimum absolute atomic E-state index is 0.137. The first-order valence-corrected chi connectivity index (χ1v) is 8.58. The first kappa shape index (κ1) is 17.8. The van der Waals surface area contributed by atoms with Crippen LogP contribution in [-0.4, -0.2) is 47.8 Å². The van der Waals surface area contributed by atoms with E-state index in [1.807, 2.05) is 25.1 Å². The fraction of sp³-hybridized carbons (Fsp3) is 0.474. The van der Waals surface area contributed by atoms with Gasteiger partial charge in [0.2, 0.25) is 0 Å². The molecule has 134 valence electrons. The van der Waals surface area contributed by atoms with Crippen LogP contribution in [0.5, 0.6) is 5.75 Å². The third-order valence-corrected chi connectivity index (χ3v) is 4.46. The third kappa shape index (κ3) is 4.74. The van der Waals surface area contributed by atoms with Crippen molar-refractivity contribution in [3.05, 3.63) is 53.4 Å². The Labute approximate surface area is 147 Å². The van der Waals surface area contributed by atoms with E-state index in [0.717, 1.165) is 37.3 Å². The molecule has 2 aromatic rings. The van der Waals surface area contributed by atoms with E-state index in [0.29, 0.717) is 24.5 Å². The Hall–Kier alpha value is -2.05. The zero-order valence-corrected chi connectivity index (χ0v) is 14.7. The summed E-state index contributed by atoms with van der Waals surface area (Å²) >= 11 is 0. The lowest BCUT2D eigenvalue weighted by atomic mass is 10.1. The van der Waals surface area contributed by atoms with Gasteiger partial charge in [-0.1, -0.05) is 12.1 Å². The van der Waals surface area contributed by atoms with Crippen LogP contribution in [0.3, 0.4) is 0 Å². The molecular weight excluding hydrogens is 321 g/mol. The highest BCUT2D eigenvalue weighted by Crippen LogP contribution is 2.22. The van der Waals surface area contributed by atoms with Gasteiger partial charge in [0.15, 0.2) is 11.6 Å². The van der Waals surface area contributed by atoms with Gasteiger partial charge < -0.3 is 9.47 Å². The lowest BCUT2D eigenvalue weighted by Gasteiger charge is -2.33. The number of hydrogen-bond donors (Lipinski definition) is 0. The van der Waals surface area contributed by atoms with Crippen LogP contribution in [0.25, 0.3) is 0 Å². The second kappa shape index (κ2) is 8.36. The van der Waals surface area contributed by atoms with Gasteiger partial charge in [0.05, 0.1) is 19.8 Å². The highest BCUT2D eigenvalue weighted by atomic mass is 19.1. The molecule has 1 aromatic heterocycles. The van der Waals surface area contributed by atoms with Gasteiger partial charge in [-0.3, -0.25) is 4.90 Å². The van der Waals surface area contributed by atoms with Crippen LogP contribution in [0, 0.1) is 12.7 Å². The van der Waals surface area contributed by atoms with E-state index in [1.54, 1.807) is 12.4 Å². The number of ether oxygens (including phenoxy) is 2. The van der Waals surface area contributed by atoms with Crippen molar-refractivity contribution in [3.63, 3.8) is 0 Å². The van der Waals surface area contributed by atoms with Crippen molar-refractivity contribution in [1.29, 1.82) is 0 Å². The van der Waals surface area contributed by atoms with Gasteiger partial charge in [0.1, 0.15) is 6.33 Å². The van der Waals surface area contributed by atoms with E-state index < -0.39 is 0 Å². The largest absolute Gasteiger partial charge is 0.494 e. The molecule has 1 fully saturated rings. The molecule has 2 heterocycles. The lowest BCUT2D eigenvalue weighted by Crippen LogP contribution is -2.42. The quantitative estimate of drug-likeness (QED) is 0.806. The summed E-state index contributed by atoms with van der Waals surface area (Å²) in [6.45, 7) is 4.79. The van der Waals surface area contributed by atoms with E-state index >= 15 is 0 Å². The zero-order chi connectivity index (χ0) is 17.6. The standard InChI is InChI=1S/C19H24FN3O2/c1-14-10-16(22-13-21-14)6-7-17-12-23(8-9-25-17)11-15-4-3-5-18(24-2)19(15)20/h3-5,10,13,17H,6-9,11-12H2,1-2H3. The van der Waals surface area contributed by atoms with Crippen LogP contribution in [0.15, 0.2) is 30.6 Å². The summed E-state index contributed by atoms with van der Waals surface area (Å²) in [4.78, 5) is 10.7. The lowest BCUT2D eigenvalue weighted by molar-refractivity contribution is -0.0349. The topological polar surface area (TPSA) is 47.5 Å². The number of benzene rings is 1. The molecule has 0 N–H and O–H groups in total. The summed E-state index contributed by atoms with van der Waals surface area (Å²) in [5.41, 5.74) is 2.67. The maximum Gasteiger partial charge on any atom is 0.169 e. The van der Waals surface area contributed by atoms with Crippen molar-refractivity contribution in [1.82, 2.24) is 14.9 Å². The van der Waals surface area contributed by atoms with Gasteiger partial charge in [-0.2, -0.15) is 0 Å². The third-order valence-electron chi connectivity index (χ3n) is 4.46. The van der Waals surface area contributed by atoms with Crippen molar-refractivity contribution in [3.8, 4) is 5.75 Å². The molecule has 1 aromatic carbocycles. The summed E-state index contributed by atoms with van der Waals surface area (Å²) in [6, 6.07) is 7.29. The van der Waals surface area contributed by atoms with Crippen molar-refractivity contribution in [2.75, 3.05) is 26.8 Å². The molecule has 0 spiro atoms. The SMILES string of the molecule is COc1cccc(CN2CCOC(CCc3cc(C)ncn3)C2)c1F. The molecule has 0 aliphatic carbocycles. The minimum Gasteiger partial charge on any atom is -0.494 e. The zero-order valence-electron chi connectivity index (χ0n) is 14.7. The van der Waals surface area contributed by atoms with E-state index in [1.165, 1.54) is 7.11 Å². The Morgan fingerprint density at radius 1 is 1.36 bits per heavy atom. The average molecular weight is 345 g/mol. The number of aryl methyl sites for hydroxylation is 2. The monoisotopic (exact) mass is 345 g/mol. The van der Waals surface area contributed by atoms with Crippen LogP contribution in [0.1, 0.15) is 23.4 Å². The molecule has 0 amide bonds. The highest BCUT2D eigenvalue weighted by molar-refractivity contribution is 5.31. The number of aromatic nitrogens is 2. The molecule has 0 saturated carbocycles. The molecule has 0 bridgehead atoms. The Kier molecular flexibility index (Phi) is 5.94. The predicted molar refractivity (Wildman–Crippen MR) is 93.1 cm³/mol. The predicted octanol–water partition coefficient (Wildman–Crippen LogP) is 2.77. The van der Waals surface area contributed by atoms with Crippen molar-refractivity contribution < 1.29 is 13.9 Å². The number of rotatable bonds is 6. The number of halogens is 1. The fourth-order valence-corrected chi connectivity index (χ4v) is 3.13. The second-order valence-electron chi connectivity index (χ2n) is 6.35. The van der Waals surface area contributed by atoms with Crippen LogP contribution >= 0.6 is 0 Å². The first-order valence-electron chi connectivity index (χ1n) is 8.58. The summed E-state index contributed by atoms with van der Waals surface area (Å²) in [5, 5.41) is 0.